The summed E-state index contributed by atoms with van der Waals surface area (Å²) in [5.74, 6) is 0.320. The molecule has 0 amide bonds. The largest absolute Gasteiger partial charge is 0.295 e. The molecule has 1 heteroatoms. The molecular weight excluding hydrogens is 160 g/mol. The zero-order valence-electron chi connectivity index (χ0n) is 8.43. The van der Waals surface area contributed by atoms with E-state index in [1.54, 1.807) is 6.08 Å². The molecule has 0 aromatic rings. The fourth-order valence-corrected chi connectivity index (χ4v) is 1.74. The zero-order chi connectivity index (χ0) is 9.36. The number of carbonyl (C=O) groups excluding carboxylic acids is 1. The Morgan fingerprint density at radius 2 is 1.46 bits per heavy atom. The third kappa shape index (κ3) is 5.62. The maximum Gasteiger partial charge on any atom is 0.155 e. The Morgan fingerprint density at radius 3 is 2.23 bits per heavy atom. The van der Waals surface area contributed by atoms with Crippen LogP contribution in [0.2, 0.25) is 0 Å². The first kappa shape index (κ1) is 10.5. The minimum Gasteiger partial charge on any atom is -0.295 e. The second kappa shape index (κ2) is 6.88. The van der Waals surface area contributed by atoms with Crippen LogP contribution >= 0.6 is 0 Å². The molecule has 1 nitrogen and oxygen atoms in total. The lowest BCUT2D eigenvalue weighted by Crippen LogP contribution is -1.93. The van der Waals surface area contributed by atoms with Gasteiger partial charge in [0.05, 0.1) is 0 Å². The van der Waals surface area contributed by atoms with E-state index in [4.69, 9.17) is 0 Å². The van der Waals surface area contributed by atoms with E-state index in [0.717, 1.165) is 19.3 Å². The molecule has 0 unspecified atom stereocenters. The van der Waals surface area contributed by atoms with Gasteiger partial charge in [0.25, 0.3) is 0 Å². The van der Waals surface area contributed by atoms with Gasteiger partial charge in [-0.3, -0.25) is 4.79 Å². The number of ketones is 1. The van der Waals surface area contributed by atoms with E-state index in [-0.39, 0.29) is 0 Å². The molecule has 0 spiro atoms. The minimum atomic E-state index is 0.320. The van der Waals surface area contributed by atoms with Gasteiger partial charge in [0.15, 0.2) is 5.78 Å². The lowest BCUT2D eigenvalue weighted by atomic mass is 10.0. The first-order valence-corrected chi connectivity index (χ1v) is 5.59. The second-order valence-electron chi connectivity index (χ2n) is 3.88. The average molecular weight is 180 g/mol. The van der Waals surface area contributed by atoms with Gasteiger partial charge in [0.1, 0.15) is 0 Å². The molecule has 0 aromatic heterocycles. The van der Waals surface area contributed by atoms with Gasteiger partial charge in [0, 0.05) is 6.42 Å². The van der Waals surface area contributed by atoms with Crippen molar-refractivity contribution in [3.63, 3.8) is 0 Å². The van der Waals surface area contributed by atoms with E-state index in [1.165, 1.54) is 38.5 Å². The molecule has 0 atom stereocenters. The normalized spacial score (nSPS) is 24.5. The number of allylic oxidation sites excluding steroid dienone is 2. The van der Waals surface area contributed by atoms with E-state index in [9.17, 15) is 4.79 Å². The summed E-state index contributed by atoms with van der Waals surface area (Å²) < 4.78 is 0. The average Bonchev–Trinajstić information content (AvgIpc) is 2.11. The van der Waals surface area contributed by atoms with Crippen molar-refractivity contribution in [2.24, 2.45) is 0 Å². The molecule has 74 valence electrons. The number of hydrogen-bond donors (Lipinski definition) is 0. The first-order chi connectivity index (χ1) is 6.39. The summed E-state index contributed by atoms with van der Waals surface area (Å²) in [6, 6.07) is 0. The molecule has 0 aromatic carbocycles. The van der Waals surface area contributed by atoms with Gasteiger partial charge < -0.3 is 0 Å². The van der Waals surface area contributed by atoms with Crippen LogP contribution in [0, 0.1) is 0 Å². The third-order valence-electron chi connectivity index (χ3n) is 2.60. The summed E-state index contributed by atoms with van der Waals surface area (Å²) in [6.45, 7) is 0. The van der Waals surface area contributed by atoms with Crippen LogP contribution in [0.5, 0.6) is 0 Å². The molecule has 0 saturated heterocycles. The van der Waals surface area contributed by atoms with E-state index in [0.29, 0.717) is 5.78 Å². The predicted octanol–water partition coefficient (Wildman–Crippen LogP) is 3.64. The molecule has 1 aliphatic rings. The first-order valence-electron chi connectivity index (χ1n) is 5.59. The maximum absolute atomic E-state index is 11.2. The quantitative estimate of drug-likeness (QED) is 0.556. The Morgan fingerprint density at radius 1 is 0.846 bits per heavy atom. The van der Waals surface area contributed by atoms with Gasteiger partial charge in [-0.15, -0.1) is 0 Å². The molecule has 0 N–H and O–H groups in total. The van der Waals surface area contributed by atoms with Crippen LogP contribution in [0.25, 0.3) is 0 Å². The second-order valence-corrected chi connectivity index (χ2v) is 3.88. The van der Waals surface area contributed by atoms with E-state index < -0.39 is 0 Å². The van der Waals surface area contributed by atoms with Gasteiger partial charge in [-0.2, -0.15) is 0 Å². The fraction of sp³-hybridized carbons (Fsp3) is 0.750. The van der Waals surface area contributed by atoms with Crippen LogP contribution in [0.1, 0.15) is 57.8 Å². The summed E-state index contributed by atoms with van der Waals surface area (Å²) >= 11 is 0. The smallest absolute Gasteiger partial charge is 0.155 e. The predicted molar refractivity (Wildman–Crippen MR) is 55.7 cm³/mol. The van der Waals surface area contributed by atoms with Crippen LogP contribution in [-0.4, -0.2) is 5.78 Å². The Kier molecular flexibility index (Phi) is 5.55. The van der Waals surface area contributed by atoms with Gasteiger partial charge in [0.2, 0.25) is 0 Å². The lowest BCUT2D eigenvalue weighted by molar-refractivity contribution is -0.114. The van der Waals surface area contributed by atoms with Crippen LogP contribution in [0.4, 0.5) is 0 Å². The lowest BCUT2D eigenvalue weighted by Gasteiger charge is -2.02. The summed E-state index contributed by atoms with van der Waals surface area (Å²) in [5.41, 5.74) is 0. The number of rotatable bonds is 0. The molecule has 1 aliphatic carbocycles. The topological polar surface area (TPSA) is 17.1 Å². The molecule has 1 rings (SSSR count). The number of hydrogen-bond acceptors (Lipinski definition) is 1. The van der Waals surface area contributed by atoms with Crippen molar-refractivity contribution in [3.8, 4) is 0 Å². The summed E-state index contributed by atoms with van der Waals surface area (Å²) in [5, 5.41) is 0. The highest BCUT2D eigenvalue weighted by Gasteiger charge is 1.98. The molecule has 0 bridgehead atoms. The molecule has 0 radical (unpaired) electrons. The van der Waals surface area contributed by atoms with Crippen LogP contribution in [0.3, 0.4) is 0 Å². The Bertz CT molecular complexity index is 170. The molecule has 13 heavy (non-hydrogen) atoms. The highest BCUT2D eigenvalue weighted by molar-refractivity contribution is 5.89. The summed E-state index contributed by atoms with van der Waals surface area (Å²) in [6.07, 6.45) is 14.6. The molecule has 0 aliphatic heterocycles. The van der Waals surface area contributed by atoms with Crippen LogP contribution in [-0.2, 0) is 4.79 Å². The Balaban J connectivity index is 2.26. The van der Waals surface area contributed by atoms with Crippen molar-refractivity contribution in [1.29, 1.82) is 0 Å². The fourth-order valence-electron chi connectivity index (χ4n) is 1.74. The van der Waals surface area contributed by atoms with Crippen molar-refractivity contribution < 1.29 is 4.79 Å². The maximum atomic E-state index is 11.2. The van der Waals surface area contributed by atoms with Gasteiger partial charge >= 0.3 is 0 Å². The highest BCUT2D eigenvalue weighted by atomic mass is 16.1. The SMILES string of the molecule is O=C1/C=C/CCCCCCCCC1. The third-order valence-corrected chi connectivity index (χ3v) is 2.60. The molecule has 0 fully saturated rings. The molecule has 0 heterocycles. The van der Waals surface area contributed by atoms with Crippen molar-refractivity contribution >= 4 is 5.78 Å². The molecular formula is C12H20O. The van der Waals surface area contributed by atoms with Crippen molar-refractivity contribution in [2.75, 3.05) is 0 Å². The van der Waals surface area contributed by atoms with Crippen LogP contribution in [0.15, 0.2) is 12.2 Å². The summed E-state index contributed by atoms with van der Waals surface area (Å²) in [4.78, 5) is 11.2. The van der Waals surface area contributed by atoms with Crippen molar-refractivity contribution in [2.45, 2.75) is 57.8 Å². The van der Waals surface area contributed by atoms with E-state index in [2.05, 4.69) is 0 Å². The van der Waals surface area contributed by atoms with Crippen LogP contribution < -0.4 is 0 Å². The van der Waals surface area contributed by atoms with E-state index >= 15 is 0 Å². The Hall–Kier alpha value is -0.590. The standard InChI is InChI=1S/C12H20O/c13-12-10-8-6-4-2-1-3-5-7-9-11-12/h8,10H,1-7,9,11H2/b10-8+. The van der Waals surface area contributed by atoms with Gasteiger partial charge in [-0.25, -0.2) is 0 Å². The molecule has 0 saturated carbocycles. The Labute approximate surface area is 81.2 Å². The number of carbonyl (C=O) groups is 1. The minimum absolute atomic E-state index is 0.320. The monoisotopic (exact) mass is 180 g/mol. The van der Waals surface area contributed by atoms with Gasteiger partial charge in [-0.1, -0.05) is 38.2 Å². The van der Waals surface area contributed by atoms with Crippen molar-refractivity contribution in [1.82, 2.24) is 0 Å². The van der Waals surface area contributed by atoms with E-state index in [1.807, 2.05) is 6.08 Å². The van der Waals surface area contributed by atoms with Gasteiger partial charge in [-0.05, 0) is 25.3 Å². The highest BCUT2D eigenvalue weighted by Crippen LogP contribution is 2.11. The summed E-state index contributed by atoms with van der Waals surface area (Å²) in [7, 11) is 0. The zero-order valence-corrected chi connectivity index (χ0v) is 8.43. The van der Waals surface area contributed by atoms with Crippen molar-refractivity contribution in [3.05, 3.63) is 12.2 Å².